The van der Waals surface area contributed by atoms with Crippen molar-refractivity contribution in [2.45, 2.75) is 32.4 Å². The van der Waals surface area contributed by atoms with Gasteiger partial charge in [0.15, 0.2) is 17.0 Å². The Morgan fingerprint density at radius 1 is 1.38 bits per heavy atom. The van der Waals surface area contributed by atoms with Crippen molar-refractivity contribution in [3.63, 3.8) is 0 Å². The standard InChI is InChI=1S/C19H25N9O/c1-5-15(29)22-13-6-7-27(10-13)19-24-17(23-14-8-21-26(4)9-14)16-18(25-19)28(11-20-16)12(2)3/h5,8-9,11-13H,1,6-7,10H2,2-4H3,(H,22,29)(H,23,24,25)/t13-/m0/s1. The molecule has 10 heteroatoms. The third-order valence-corrected chi connectivity index (χ3v) is 4.94. The lowest BCUT2D eigenvalue weighted by molar-refractivity contribution is -0.117. The maximum absolute atomic E-state index is 11.6. The van der Waals surface area contributed by atoms with Gasteiger partial charge < -0.3 is 20.1 Å². The molecule has 1 saturated heterocycles. The molecular formula is C19H25N9O. The second-order valence-corrected chi connectivity index (χ2v) is 7.46. The van der Waals surface area contributed by atoms with E-state index in [-0.39, 0.29) is 18.0 Å². The molecule has 152 valence electrons. The van der Waals surface area contributed by atoms with E-state index in [1.165, 1.54) is 6.08 Å². The highest BCUT2D eigenvalue weighted by atomic mass is 16.1. The molecular weight excluding hydrogens is 370 g/mol. The van der Waals surface area contributed by atoms with E-state index in [0.29, 0.717) is 23.8 Å². The van der Waals surface area contributed by atoms with Crippen LogP contribution in [0, 0.1) is 0 Å². The molecule has 0 spiro atoms. The van der Waals surface area contributed by atoms with Gasteiger partial charge >= 0.3 is 0 Å². The normalized spacial score (nSPS) is 16.6. The monoisotopic (exact) mass is 395 g/mol. The highest BCUT2D eigenvalue weighted by molar-refractivity contribution is 5.87. The molecule has 0 aromatic carbocycles. The van der Waals surface area contributed by atoms with Crippen molar-refractivity contribution in [3.8, 4) is 0 Å². The van der Waals surface area contributed by atoms with Crippen LogP contribution in [0.5, 0.6) is 0 Å². The molecule has 0 aliphatic carbocycles. The van der Waals surface area contributed by atoms with Gasteiger partial charge in [-0.25, -0.2) is 4.98 Å². The average molecular weight is 395 g/mol. The summed E-state index contributed by atoms with van der Waals surface area (Å²) in [5.41, 5.74) is 2.31. The molecule has 3 aromatic rings. The van der Waals surface area contributed by atoms with Crippen molar-refractivity contribution in [1.29, 1.82) is 0 Å². The van der Waals surface area contributed by atoms with Gasteiger partial charge in [-0.2, -0.15) is 15.1 Å². The Morgan fingerprint density at radius 2 is 2.21 bits per heavy atom. The molecule has 0 unspecified atom stereocenters. The van der Waals surface area contributed by atoms with Gasteiger partial charge in [0.1, 0.15) is 0 Å². The topological polar surface area (TPSA) is 106 Å². The number of amides is 1. The number of aromatic nitrogens is 6. The van der Waals surface area contributed by atoms with Crippen molar-refractivity contribution < 1.29 is 4.79 Å². The number of nitrogens with zero attached hydrogens (tertiary/aromatic N) is 7. The van der Waals surface area contributed by atoms with Crippen LogP contribution in [0.1, 0.15) is 26.3 Å². The van der Waals surface area contributed by atoms with Gasteiger partial charge in [0.2, 0.25) is 11.9 Å². The van der Waals surface area contributed by atoms with Crippen LogP contribution in [0.25, 0.3) is 11.2 Å². The second kappa shape index (κ2) is 7.53. The zero-order chi connectivity index (χ0) is 20.5. The first-order valence-electron chi connectivity index (χ1n) is 9.62. The summed E-state index contributed by atoms with van der Waals surface area (Å²) in [6.07, 6.45) is 7.53. The molecule has 1 aliphatic rings. The van der Waals surface area contributed by atoms with Crippen LogP contribution in [-0.2, 0) is 11.8 Å². The van der Waals surface area contributed by atoms with E-state index in [4.69, 9.17) is 9.97 Å². The van der Waals surface area contributed by atoms with E-state index in [1.807, 2.05) is 17.8 Å². The molecule has 29 heavy (non-hydrogen) atoms. The quantitative estimate of drug-likeness (QED) is 0.613. The largest absolute Gasteiger partial charge is 0.348 e. The number of imidazole rings is 1. The number of carbonyl (C=O) groups is 1. The van der Waals surface area contributed by atoms with E-state index in [0.717, 1.165) is 24.3 Å². The van der Waals surface area contributed by atoms with Crippen molar-refractivity contribution in [2.75, 3.05) is 23.3 Å². The maximum atomic E-state index is 11.6. The Labute approximate surface area is 168 Å². The van der Waals surface area contributed by atoms with Crippen LogP contribution in [-0.4, -0.2) is 54.3 Å². The summed E-state index contributed by atoms with van der Waals surface area (Å²) in [6, 6.07) is 0.261. The highest BCUT2D eigenvalue weighted by Crippen LogP contribution is 2.28. The first-order valence-corrected chi connectivity index (χ1v) is 9.62. The number of fused-ring (bicyclic) bond motifs is 1. The van der Waals surface area contributed by atoms with Gasteiger partial charge in [-0.15, -0.1) is 0 Å². The number of aryl methyl sites for hydroxylation is 1. The lowest BCUT2D eigenvalue weighted by Gasteiger charge is -2.18. The average Bonchev–Trinajstić information content (AvgIpc) is 3.41. The first-order chi connectivity index (χ1) is 13.9. The first kappa shape index (κ1) is 18.9. The van der Waals surface area contributed by atoms with Crippen LogP contribution in [0.2, 0.25) is 0 Å². The third-order valence-electron chi connectivity index (χ3n) is 4.94. The lowest BCUT2D eigenvalue weighted by atomic mass is 10.2. The van der Waals surface area contributed by atoms with Crippen LogP contribution < -0.4 is 15.5 Å². The molecule has 4 rings (SSSR count). The van der Waals surface area contributed by atoms with Crippen LogP contribution in [0.15, 0.2) is 31.4 Å². The minimum Gasteiger partial charge on any atom is -0.348 e. The van der Waals surface area contributed by atoms with Gasteiger partial charge in [-0.05, 0) is 26.3 Å². The van der Waals surface area contributed by atoms with Crippen molar-refractivity contribution in [2.24, 2.45) is 7.05 Å². The van der Waals surface area contributed by atoms with Crippen molar-refractivity contribution in [1.82, 2.24) is 34.6 Å². The van der Waals surface area contributed by atoms with E-state index < -0.39 is 0 Å². The number of rotatable bonds is 6. The van der Waals surface area contributed by atoms with Crippen molar-refractivity contribution >= 4 is 34.5 Å². The molecule has 1 atom stereocenters. The molecule has 1 aliphatic heterocycles. The van der Waals surface area contributed by atoms with Crippen LogP contribution in [0.3, 0.4) is 0 Å². The van der Waals surface area contributed by atoms with Crippen molar-refractivity contribution in [3.05, 3.63) is 31.4 Å². The van der Waals surface area contributed by atoms with Gasteiger partial charge in [0, 0.05) is 38.4 Å². The number of hydrogen-bond acceptors (Lipinski definition) is 7. The third kappa shape index (κ3) is 3.78. The van der Waals surface area contributed by atoms with Gasteiger partial charge in [-0.1, -0.05) is 6.58 Å². The number of nitrogens with one attached hydrogen (secondary N) is 2. The second-order valence-electron chi connectivity index (χ2n) is 7.46. The van der Waals surface area contributed by atoms with Gasteiger partial charge in [0.05, 0.1) is 18.2 Å². The molecule has 3 aromatic heterocycles. The molecule has 2 N–H and O–H groups in total. The molecule has 1 fully saturated rings. The number of hydrogen-bond donors (Lipinski definition) is 2. The van der Waals surface area contributed by atoms with E-state index in [2.05, 4.69) is 46.0 Å². The zero-order valence-corrected chi connectivity index (χ0v) is 16.8. The Kier molecular flexibility index (Phi) is 4.91. The molecule has 4 heterocycles. The molecule has 0 radical (unpaired) electrons. The fourth-order valence-electron chi connectivity index (χ4n) is 3.45. The summed E-state index contributed by atoms with van der Waals surface area (Å²) in [5, 5.41) is 10.5. The Balaban J connectivity index is 1.69. The summed E-state index contributed by atoms with van der Waals surface area (Å²) in [7, 11) is 1.86. The Morgan fingerprint density at radius 3 is 2.90 bits per heavy atom. The predicted octanol–water partition coefficient (Wildman–Crippen LogP) is 1.77. The van der Waals surface area contributed by atoms with E-state index >= 15 is 0 Å². The van der Waals surface area contributed by atoms with Gasteiger partial charge in [-0.3, -0.25) is 9.48 Å². The minimum atomic E-state index is -0.162. The summed E-state index contributed by atoms with van der Waals surface area (Å²) >= 11 is 0. The summed E-state index contributed by atoms with van der Waals surface area (Å²) < 4.78 is 3.75. The number of anilines is 3. The SMILES string of the molecule is C=CC(=O)N[C@H]1CCN(c2nc(Nc3cnn(C)c3)c3ncn(C(C)C)c3n2)C1. The Hall–Kier alpha value is -3.43. The summed E-state index contributed by atoms with van der Waals surface area (Å²) in [4.78, 5) is 27.8. The summed E-state index contributed by atoms with van der Waals surface area (Å²) in [5.74, 6) is 1.09. The zero-order valence-electron chi connectivity index (χ0n) is 16.8. The number of carbonyl (C=O) groups excluding carboxylic acids is 1. The van der Waals surface area contributed by atoms with Crippen LogP contribution >= 0.6 is 0 Å². The predicted molar refractivity (Wildman–Crippen MR) is 111 cm³/mol. The molecule has 1 amide bonds. The molecule has 10 nitrogen and oxygen atoms in total. The van der Waals surface area contributed by atoms with Crippen LogP contribution in [0.4, 0.5) is 17.5 Å². The van der Waals surface area contributed by atoms with E-state index in [1.54, 1.807) is 17.2 Å². The minimum absolute atomic E-state index is 0.0459. The van der Waals surface area contributed by atoms with E-state index in [9.17, 15) is 4.79 Å². The fourth-order valence-corrected chi connectivity index (χ4v) is 3.45. The lowest BCUT2D eigenvalue weighted by Crippen LogP contribution is -2.36. The Bertz CT molecular complexity index is 1050. The fraction of sp³-hybridized carbons (Fsp3) is 0.421. The molecule has 0 saturated carbocycles. The smallest absolute Gasteiger partial charge is 0.243 e. The van der Waals surface area contributed by atoms with Gasteiger partial charge in [0.25, 0.3) is 0 Å². The summed E-state index contributed by atoms with van der Waals surface area (Å²) in [6.45, 7) is 9.10. The maximum Gasteiger partial charge on any atom is 0.243 e. The molecule has 0 bridgehead atoms. The highest BCUT2D eigenvalue weighted by Gasteiger charge is 2.27.